The van der Waals surface area contributed by atoms with E-state index < -0.39 is 5.43 Å². The van der Waals surface area contributed by atoms with Gasteiger partial charge in [0.15, 0.2) is 21.7 Å². The Kier molecular flexibility index (Phi) is 4.17. The molecule has 36 heavy (non-hydrogen) atoms. The molecular weight excluding hydrogens is 499 g/mol. The number of halogens is 2. The molecule has 6 aromatic carbocycles. The first-order chi connectivity index (χ1) is 17.4. The van der Waals surface area contributed by atoms with Crippen molar-refractivity contribution in [2.24, 2.45) is 0 Å². The van der Waals surface area contributed by atoms with Crippen LogP contribution >= 0.6 is 23.2 Å². The normalized spacial score (nSPS) is 12.1. The maximum atomic E-state index is 13.5. The average molecular weight is 511 g/mol. The van der Waals surface area contributed by atoms with Gasteiger partial charge >= 0.3 is 0 Å². The van der Waals surface area contributed by atoms with Gasteiger partial charge in [-0.15, -0.1) is 0 Å². The SMILES string of the molecule is O=c1c2ccccc2c(=O)c2c1ccc1[nH]c3c(ccc4c(=O)c5c(Cl)c(Cl)ccc5c(=O)c43)[nH]c12. The van der Waals surface area contributed by atoms with Gasteiger partial charge in [-0.25, -0.2) is 0 Å². The van der Waals surface area contributed by atoms with Crippen molar-refractivity contribution in [2.75, 3.05) is 0 Å². The Morgan fingerprint density at radius 2 is 0.917 bits per heavy atom. The lowest BCUT2D eigenvalue weighted by Crippen LogP contribution is -2.15. The molecule has 6 nitrogen and oxygen atoms in total. The lowest BCUT2D eigenvalue weighted by molar-refractivity contribution is 1.41. The minimum atomic E-state index is -0.398. The van der Waals surface area contributed by atoms with E-state index in [0.717, 1.165) is 0 Å². The van der Waals surface area contributed by atoms with E-state index in [-0.39, 0.29) is 53.3 Å². The molecule has 8 heteroatoms. The van der Waals surface area contributed by atoms with Crippen molar-refractivity contribution >= 4 is 88.4 Å². The standard InChI is InChI=1S/C28H12Cl2N2O4/c29-16-8-5-13-19(22(16)30)27(35)15-7-10-18-24(21(15)28(13)36)32-17-9-6-14-20(23(17)31-18)26(34)12-4-2-1-3-11(12)25(14)33/h1-10,31-32H. The molecule has 0 bridgehead atoms. The number of aromatic amines is 2. The summed E-state index contributed by atoms with van der Waals surface area (Å²) in [4.78, 5) is 59.9. The molecule has 0 aliphatic rings. The number of fused-ring (bicyclic) bond motifs is 8. The summed E-state index contributed by atoms with van der Waals surface area (Å²) < 4.78 is 0. The minimum absolute atomic E-state index is 0.0439. The summed E-state index contributed by atoms with van der Waals surface area (Å²) in [5.41, 5.74) is 0.598. The van der Waals surface area contributed by atoms with Gasteiger partial charge in [-0.3, -0.25) is 19.2 Å². The summed E-state index contributed by atoms with van der Waals surface area (Å²) in [5.74, 6) is 0. The quantitative estimate of drug-likeness (QED) is 0.209. The largest absolute Gasteiger partial charge is 0.351 e. The first-order valence-electron chi connectivity index (χ1n) is 11.0. The smallest absolute Gasteiger partial charge is 0.196 e. The fourth-order valence-electron chi connectivity index (χ4n) is 5.18. The minimum Gasteiger partial charge on any atom is -0.351 e. The topological polar surface area (TPSA) is 99.9 Å². The summed E-state index contributed by atoms with van der Waals surface area (Å²) in [6.07, 6.45) is 0. The molecular formula is C28H12Cl2N2O4. The molecule has 0 saturated heterocycles. The number of benzene rings is 6. The molecule has 0 fully saturated rings. The number of nitrogens with one attached hydrogen (secondary N) is 2. The number of hydrogen-bond donors (Lipinski definition) is 2. The van der Waals surface area contributed by atoms with Crippen molar-refractivity contribution in [1.29, 1.82) is 0 Å². The molecule has 7 aromatic rings. The van der Waals surface area contributed by atoms with Crippen LogP contribution in [0.4, 0.5) is 0 Å². The van der Waals surface area contributed by atoms with Gasteiger partial charge in [-0.1, -0.05) is 47.5 Å². The predicted molar refractivity (Wildman–Crippen MR) is 146 cm³/mol. The van der Waals surface area contributed by atoms with Gasteiger partial charge in [0.2, 0.25) is 0 Å². The molecule has 0 aliphatic carbocycles. The zero-order valence-electron chi connectivity index (χ0n) is 18.2. The highest BCUT2D eigenvalue weighted by Gasteiger charge is 2.19. The van der Waals surface area contributed by atoms with Crippen LogP contribution in [0.1, 0.15) is 0 Å². The van der Waals surface area contributed by atoms with Gasteiger partial charge in [0.25, 0.3) is 0 Å². The number of aromatic nitrogens is 2. The maximum absolute atomic E-state index is 13.5. The Labute approximate surface area is 209 Å². The van der Waals surface area contributed by atoms with Gasteiger partial charge in [0.1, 0.15) is 0 Å². The second-order valence-electron chi connectivity index (χ2n) is 8.72. The molecule has 0 atom stereocenters. The Bertz CT molecular complexity index is 2380. The summed E-state index contributed by atoms with van der Waals surface area (Å²) in [6, 6.07) is 16.2. The van der Waals surface area contributed by atoms with Crippen LogP contribution in [0.3, 0.4) is 0 Å². The highest BCUT2D eigenvalue weighted by Crippen LogP contribution is 2.31. The average Bonchev–Trinajstić information content (AvgIpc) is 2.89. The van der Waals surface area contributed by atoms with Gasteiger partial charge in [-0.2, -0.15) is 0 Å². The van der Waals surface area contributed by atoms with Crippen LogP contribution in [0.2, 0.25) is 10.0 Å². The van der Waals surface area contributed by atoms with E-state index in [1.165, 1.54) is 12.1 Å². The molecule has 0 unspecified atom stereocenters. The maximum Gasteiger partial charge on any atom is 0.196 e. The monoisotopic (exact) mass is 510 g/mol. The van der Waals surface area contributed by atoms with E-state index in [1.807, 2.05) is 0 Å². The molecule has 7 rings (SSSR count). The van der Waals surface area contributed by atoms with Crippen molar-refractivity contribution in [2.45, 2.75) is 0 Å². The van der Waals surface area contributed by atoms with E-state index in [9.17, 15) is 19.2 Å². The fourth-order valence-corrected chi connectivity index (χ4v) is 5.59. The first-order valence-corrected chi connectivity index (χ1v) is 11.8. The van der Waals surface area contributed by atoms with Gasteiger partial charge in [-0.05, 0) is 36.4 Å². The van der Waals surface area contributed by atoms with Crippen LogP contribution in [0.25, 0.3) is 65.2 Å². The van der Waals surface area contributed by atoms with Crippen molar-refractivity contribution in [3.63, 3.8) is 0 Å². The van der Waals surface area contributed by atoms with Crippen LogP contribution < -0.4 is 21.7 Å². The highest BCUT2D eigenvalue weighted by molar-refractivity contribution is 6.45. The Morgan fingerprint density at radius 1 is 0.472 bits per heavy atom. The molecule has 0 spiro atoms. The zero-order chi connectivity index (χ0) is 24.9. The second-order valence-corrected chi connectivity index (χ2v) is 9.50. The second kappa shape index (κ2) is 7.13. The molecule has 1 heterocycles. The van der Waals surface area contributed by atoms with E-state index in [0.29, 0.717) is 38.2 Å². The Morgan fingerprint density at radius 3 is 1.53 bits per heavy atom. The van der Waals surface area contributed by atoms with Crippen molar-refractivity contribution in [3.8, 4) is 0 Å². The van der Waals surface area contributed by atoms with Crippen LogP contribution in [-0.4, -0.2) is 9.97 Å². The molecule has 1 aromatic heterocycles. The van der Waals surface area contributed by atoms with Crippen LogP contribution in [0.5, 0.6) is 0 Å². The third kappa shape index (κ3) is 2.57. The van der Waals surface area contributed by atoms with Crippen LogP contribution in [-0.2, 0) is 0 Å². The Hall–Kier alpha value is -4.26. The third-order valence-corrected chi connectivity index (χ3v) is 7.66. The lowest BCUT2D eigenvalue weighted by Gasteiger charge is -2.10. The molecule has 2 N–H and O–H groups in total. The highest BCUT2D eigenvalue weighted by atomic mass is 35.5. The van der Waals surface area contributed by atoms with Gasteiger partial charge in [0.05, 0.1) is 48.3 Å². The van der Waals surface area contributed by atoms with E-state index in [4.69, 9.17) is 23.2 Å². The molecule has 0 radical (unpaired) electrons. The van der Waals surface area contributed by atoms with Crippen LogP contribution in [0, 0.1) is 0 Å². The first kappa shape index (κ1) is 21.1. The number of hydrogen-bond acceptors (Lipinski definition) is 4. The van der Waals surface area contributed by atoms with Gasteiger partial charge < -0.3 is 9.97 Å². The Balaban J connectivity index is 1.70. The molecule has 0 saturated carbocycles. The third-order valence-electron chi connectivity index (χ3n) is 6.86. The summed E-state index contributed by atoms with van der Waals surface area (Å²) in [7, 11) is 0. The van der Waals surface area contributed by atoms with Crippen molar-refractivity contribution in [3.05, 3.63) is 112 Å². The van der Waals surface area contributed by atoms with Gasteiger partial charge in [0, 0.05) is 26.9 Å². The van der Waals surface area contributed by atoms with Crippen molar-refractivity contribution < 1.29 is 0 Å². The fraction of sp³-hybridized carbons (Fsp3) is 0. The van der Waals surface area contributed by atoms with Crippen molar-refractivity contribution in [1.82, 2.24) is 9.97 Å². The summed E-state index contributed by atoms with van der Waals surface area (Å²) >= 11 is 12.4. The molecule has 0 aliphatic heterocycles. The number of rotatable bonds is 0. The van der Waals surface area contributed by atoms with Crippen LogP contribution in [0.15, 0.2) is 79.8 Å². The predicted octanol–water partition coefficient (Wildman–Crippen LogP) is 5.45. The summed E-state index contributed by atoms with van der Waals surface area (Å²) in [5, 5.41) is 2.18. The summed E-state index contributed by atoms with van der Waals surface area (Å²) in [6.45, 7) is 0. The number of H-pyrrole nitrogens is 2. The van der Waals surface area contributed by atoms with E-state index in [1.54, 1.807) is 48.5 Å². The molecule has 0 amide bonds. The van der Waals surface area contributed by atoms with E-state index >= 15 is 0 Å². The molecule has 172 valence electrons. The lowest BCUT2D eigenvalue weighted by atomic mass is 9.99. The van der Waals surface area contributed by atoms with E-state index in [2.05, 4.69) is 9.97 Å². The zero-order valence-corrected chi connectivity index (χ0v) is 19.7.